The summed E-state index contributed by atoms with van der Waals surface area (Å²) in [7, 11) is 0. The molecule has 1 rings (SSSR count). The monoisotopic (exact) mass is 300 g/mol. The van der Waals surface area contributed by atoms with Gasteiger partial charge < -0.3 is 14.6 Å². The lowest BCUT2D eigenvalue weighted by molar-refractivity contribution is -0.163. The van der Waals surface area contributed by atoms with Crippen molar-refractivity contribution in [1.82, 2.24) is 0 Å². The number of hydrogen-bond donors (Lipinski definition) is 1. The van der Waals surface area contributed by atoms with Crippen LogP contribution in [0.4, 0.5) is 0 Å². The molecule has 0 aromatic heterocycles. The van der Waals surface area contributed by atoms with E-state index in [9.17, 15) is 9.59 Å². The average molecular weight is 300 g/mol. The molecule has 1 aliphatic carbocycles. The fourth-order valence-corrected chi connectivity index (χ4v) is 2.72. The van der Waals surface area contributed by atoms with Crippen LogP contribution in [0, 0.1) is 17.8 Å². The van der Waals surface area contributed by atoms with Crippen molar-refractivity contribution < 1.29 is 24.2 Å². The lowest BCUT2D eigenvalue weighted by Crippen LogP contribution is -2.35. The van der Waals surface area contributed by atoms with Crippen molar-refractivity contribution in [1.29, 1.82) is 0 Å². The largest absolute Gasteiger partial charge is 0.465 e. The maximum Gasteiger partial charge on any atom is 0.309 e. The highest BCUT2D eigenvalue weighted by atomic mass is 16.5. The molecule has 0 bridgehead atoms. The molecule has 5 heteroatoms. The number of ether oxygens (including phenoxy) is 2. The summed E-state index contributed by atoms with van der Waals surface area (Å²) in [5.41, 5.74) is 0. The van der Waals surface area contributed by atoms with E-state index in [1.807, 2.05) is 0 Å². The Morgan fingerprint density at radius 2 is 1.57 bits per heavy atom. The Morgan fingerprint density at radius 3 is 2.05 bits per heavy atom. The van der Waals surface area contributed by atoms with E-state index in [-0.39, 0.29) is 31.1 Å². The standard InChI is InChI=1S/C16H28O5/c1-12(2)6-5-10-20-15(18)13-7-3-4-8-14(13)16(19)21-11-9-17/h12-14,17H,3-11H2,1-2H3. The summed E-state index contributed by atoms with van der Waals surface area (Å²) >= 11 is 0. The Morgan fingerprint density at radius 1 is 1.05 bits per heavy atom. The fourth-order valence-electron chi connectivity index (χ4n) is 2.72. The Bertz CT molecular complexity index is 327. The molecule has 21 heavy (non-hydrogen) atoms. The van der Waals surface area contributed by atoms with Gasteiger partial charge in [0.05, 0.1) is 25.0 Å². The summed E-state index contributed by atoms with van der Waals surface area (Å²) in [5, 5.41) is 8.71. The van der Waals surface area contributed by atoms with Crippen LogP contribution < -0.4 is 0 Å². The van der Waals surface area contributed by atoms with Gasteiger partial charge in [-0.15, -0.1) is 0 Å². The summed E-state index contributed by atoms with van der Waals surface area (Å²) < 4.78 is 10.3. The maximum absolute atomic E-state index is 12.2. The third-order valence-electron chi connectivity index (χ3n) is 3.88. The quantitative estimate of drug-likeness (QED) is 0.550. The first-order chi connectivity index (χ1) is 10.1. The van der Waals surface area contributed by atoms with Crippen molar-refractivity contribution in [2.24, 2.45) is 17.8 Å². The lowest BCUT2D eigenvalue weighted by atomic mass is 9.79. The van der Waals surface area contributed by atoms with Gasteiger partial charge in [-0.3, -0.25) is 9.59 Å². The van der Waals surface area contributed by atoms with Crippen LogP contribution >= 0.6 is 0 Å². The van der Waals surface area contributed by atoms with Crippen LogP contribution in [0.15, 0.2) is 0 Å². The molecule has 2 atom stereocenters. The van der Waals surface area contributed by atoms with Gasteiger partial charge in [-0.05, 0) is 31.6 Å². The average Bonchev–Trinajstić information content (AvgIpc) is 2.48. The molecule has 0 saturated heterocycles. The van der Waals surface area contributed by atoms with E-state index in [0.717, 1.165) is 25.7 Å². The van der Waals surface area contributed by atoms with E-state index in [0.29, 0.717) is 25.4 Å². The van der Waals surface area contributed by atoms with Gasteiger partial charge in [0.1, 0.15) is 6.61 Å². The van der Waals surface area contributed by atoms with Crippen molar-refractivity contribution in [3.05, 3.63) is 0 Å². The van der Waals surface area contributed by atoms with Crippen LogP contribution in [0.5, 0.6) is 0 Å². The smallest absolute Gasteiger partial charge is 0.309 e. The SMILES string of the molecule is CC(C)CCCOC(=O)C1CCCCC1C(=O)OCCO. The number of hydrogen-bond acceptors (Lipinski definition) is 5. The molecular weight excluding hydrogens is 272 g/mol. The number of esters is 2. The first kappa shape index (κ1) is 18.0. The van der Waals surface area contributed by atoms with Crippen LogP contribution in [0.1, 0.15) is 52.4 Å². The van der Waals surface area contributed by atoms with Crippen molar-refractivity contribution >= 4 is 11.9 Å². The highest BCUT2D eigenvalue weighted by Gasteiger charge is 2.37. The number of carbonyl (C=O) groups excluding carboxylic acids is 2. The fraction of sp³-hybridized carbons (Fsp3) is 0.875. The van der Waals surface area contributed by atoms with Crippen LogP contribution in [0.2, 0.25) is 0 Å². The topological polar surface area (TPSA) is 72.8 Å². The second-order valence-electron chi connectivity index (χ2n) is 6.09. The summed E-state index contributed by atoms with van der Waals surface area (Å²) in [6, 6.07) is 0. The lowest BCUT2D eigenvalue weighted by Gasteiger charge is -2.28. The Kier molecular flexibility index (Phi) is 8.35. The van der Waals surface area contributed by atoms with Gasteiger partial charge in [-0.2, -0.15) is 0 Å². The van der Waals surface area contributed by atoms with Crippen molar-refractivity contribution in [3.63, 3.8) is 0 Å². The normalized spacial score (nSPS) is 22.1. The van der Waals surface area contributed by atoms with E-state index in [2.05, 4.69) is 13.8 Å². The Balaban J connectivity index is 2.44. The minimum absolute atomic E-state index is 0.00844. The van der Waals surface area contributed by atoms with Gasteiger partial charge in [0.25, 0.3) is 0 Å². The molecule has 5 nitrogen and oxygen atoms in total. The summed E-state index contributed by atoms with van der Waals surface area (Å²) in [6.07, 6.45) is 5.10. The van der Waals surface area contributed by atoms with Gasteiger partial charge in [-0.1, -0.05) is 26.7 Å². The molecule has 0 aliphatic heterocycles. The molecule has 1 aliphatic rings. The number of aliphatic hydroxyl groups is 1. The number of rotatable bonds is 8. The van der Waals surface area contributed by atoms with Gasteiger partial charge in [0.2, 0.25) is 0 Å². The maximum atomic E-state index is 12.2. The number of carbonyl (C=O) groups is 2. The van der Waals surface area contributed by atoms with Crippen LogP contribution in [0.3, 0.4) is 0 Å². The molecule has 0 aromatic rings. The van der Waals surface area contributed by atoms with Gasteiger partial charge in [-0.25, -0.2) is 0 Å². The van der Waals surface area contributed by atoms with E-state index in [4.69, 9.17) is 14.6 Å². The van der Waals surface area contributed by atoms with Crippen molar-refractivity contribution in [2.45, 2.75) is 52.4 Å². The molecule has 0 aromatic carbocycles. The van der Waals surface area contributed by atoms with Gasteiger partial charge >= 0.3 is 11.9 Å². The second kappa shape index (κ2) is 9.77. The first-order valence-electron chi connectivity index (χ1n) is 8.00. The van der Waals surface area contributed by atoms with E-state index in [1.165, 1.54) is 0 Å². The second-order valence-corrected chi connectivity index (χ2v) is 6.09. The molecule has 1 N–H and O–H groups in total. The Hall–Kier alpha value is -1.10. The minimum Gasteiger partial charge on any atom is -0.465 e. The third kappa shape index (κ3) is 6.46. The number of aliphatic hydroxyl groups excluding tert-OH is 1. The third-order valence-corrected chi connectivity index (χ3v) is 3.88. The van der Waals surface area contributed by atoms with Crippen LogP contribution in [0.25, 0.3) is 0 Å². The zero-order chi connectivity index (χ0) is 15.7. The van der Waals surface area contributed by atoms with Crippen LogP contribution in [-0.2, 0) is 19.1 Å². The molecular formula is C16H28O5. The van der Waals surface area contributed by atoms with Gasteiger partial charge in [0, 0.05) is 0 Å². The molecule has 1 saturated carbocycles. The van der Waals surface area contributed by atoms with Gasteiger partial charge in [0.15, 0.2) is 0 Å². The van der Waals surface area contributed by atoms with E-state index >= 15 is 0 Å². The summed E-state index contributed by atoms with van der Waals surface area (Å²) in [4.78, 5) is 24.1. The molecule has 122 valence electrons. The van der Waals surface area contributed by atoms with Crippen molar-refractivity contribution in [3.8, 4) is 0 Å². The highest BCUT2D eigenvalue weighted by Crippen LogP contribution is 2.32. The predicted octanol–water partition coefficient (Wildman–Crippen LogP) is 2.31. The summed E-state index contributed by atoms with van der Waals surface area (Å²) in [6.45, 7) is 4.49. The van der Waals surface area contributed by atoms with Crippen LogP contribution in [-0.4, -0.2) is 36.9 Å². The first-order valence-corrected chi connectivity index (χ1v) is 8.00. The van der Waals surface area contributed by atoms with E-state index < -0.39 is 5.92 Å². The molecule has 2 unspecified atom stereocenters. The Labute approximate surface area is 127 Å². The highest BCUT2D eigenvalue weighted by molar-refractivity contribution is 5.82. The van der Waals surface area contributed by atoms with E-state index in [1.54, 1.807) is 0 Å². The molecule has 0 heterocycles. The zero-order valence-electron chi connectivity index (χ0n) is 13.2. The van der Waals surface area contributed by atoms with Crippen molar-refractivity contribution in [2.75, 3.05) is 19.8 Å². The molecule has 0 radical (unpaired) electrons. The zero-order valence-corrected chi connectivity index (χ0v) is 13.2. The summed E-state index contributed by atoms with van der Waals surface area (Å²) in [5.74, 6) is -0.858. The predicted molar refractivity (Wildman–Crippen MR) is 78.5 cm³/mol. The minimum atomic E-state index is -0.414. The molecule has 1 fully saturated rings. The molecule has 0 amide bonds. The molecule has 0 spiro atoms.